The molecule has 4 rings (SSSR count). The summed E-state index contributed by atoms with van der Waals surface area (Å²) in [4.78, 5) is 18.2. The highest BCUT2D eigenvalue weighted by molar-refractivity contribution is 5.82. The van der Waals surface area contributed by atoms with Gasteiger partial charge in [0, 0.05) is 24.5 Å². The van der Waals surface area contributed by atoms with Crippen LogP contribution in [-0.2, 0) is 23.8 Å². The average molecular weight is 527 g/mol. The summed E-state index contributed by atoms with van der Waals surface area (Å²) in [6, 6.07) is 13.9. The van der Waals surface area contributed by atoms with Gasteiger partial charge in [-0.15, -0.1) is 0 Å². The van der Waals surface area contributed by atoms with Crippen molar-refractivity contribution in [3.8, 4) is 0 Å². The van der Waals surface area contributed by atoms with Crippen molar-refractivity contribution in [2.45, 2.75) is 64.5 Å². The molecular weight excluding hydrogens is 489 g/mol. The number of hydrogen-bond donors (Lipinski definition) is 1. The van der Waals surface area contributed by atoms with Gasteiger partial charge < -0.3 is 10.0 Å². The molecular formula is C31H37F3N2O2. The van der Waals surface area contributed by atoms with Crippen molar-refractivity contribution in [3.63, 3.8) is 0 Å². The molecule has 3 aromatic rings. The van der Waals surface area contributed by atoms with Crippen LogP contribution in [0.25, 0.3) is 10.9 Å². The predicted octanol–water partition coefficient (Wildman–Crippen LogP) is 7.32. The standard InChI is InChI=1S/C31H37F3N2O2/c1-22-7-13-29-28(20-22)25(15-17-35-29)6-2-5-24-16-19-36(21-26(24)10-14-30(37)38)18-3-4-23-8-11-27(12-9-23)31(32,33)34/h7-9,11-13,15,17,20,24,26H,2-6,10,14,16,18-19,21H2,1H3,(H,37,38)/t24-,26+/m1/s1. The Morgan fingerprint density at radius 3 is 2.55 bits per heavy atom. The van der Waals surface area contributed by atoms with Crippen molar-refractivity contribution in [1.82, 2.24) is 9.88 Å². The van der Waals surface area contributed by atoms with E-state index < -0.39 is 17.7 Å². The minimum Gasteiger partial charge on any atom is -0.481 e. The second-order valence-electron chi connectivity index (χ2n) is 10.7. The van der Waals surface area contributed by atoms with Gasteiger partial charge in [0.25, 0.3) is 0 Å². The quantitative estimate of drug-likeness (QED) is 0.284. The summed E-state index contributed by atoms with van der Waals surface area (Å²) in [7, 11) is 0. The molecule has 2 aromatic carbocycles. The number of carbonyl (C=O) groups is 1. The SMILES string of the molecule is Cc1ccc2nccc(CCC[C@@H]3CCN(CCCc4ccc(C(F)(F)F)cc4)C[C@@H]3CCC(=O)O)c2c1. The monoisotopic (exact) mass is 526 g/mol. The molecule has 1 saturated heterocycles. The third-order valence-electron chi connectivity index (χ3n) is 7.93. The zero-order valence-electron chi connectivity index (χ0n) is 22.0. The lowest BCUT2D eigenvalue weighted by Crippen LogP contribution is -2.41. The highest BCUT2D eigenvalue weighted by atomic mass is 19.4. The van der Waals surface area contributed by atoms with Crippen LogP contribution in [0, 0.1) is 18.8 Å². The first-order chi connectivity index (χ1) is 18.2. The van der Waals surface area contributed by atoms with Crippen LogP contribution in [0.2, 0.25) is 0 Å². The summed E-state index contributed by atoms with van der Waals surface area (Å²) < 4.78 is 38.4. The second-order valence-corrected chi connectivity index (χ2v) is 10.7. The van der Waals surface area contributed by atoms with E-state index in [2.05, 4.69) is 41.1 Å². The van der Waals surface area contributed by atoms with Crippen molar-refractivity contribution in [2.24, 2.45) is 11.8 Å². The van der Waals surface area contributed by atoms with Crippen LogP contribution in [0.1, 0.15) is 60.8 Å². The number of carboxylic acid groups (broad SMARTS) is 1. The van der Waals surface area contributed by atoms with E-state index in [1.807, 2.05) is 6.20 Å². The fourth-order valence-corrected chi connectivity index (χ4v) is 5.83. The van der Waals surface area contributed by atoms with E-state index in [-0.39, 0.29) is 6.42 Å². The Morgan fingerprint density at radius 1 is 1.03 bits per heavy atom. The number of aromatic nitrogens is 1. The molecule has 1 aromatic heterocycles. The number of halogens is 3. The predicted molar refractivity (Wildman–Crippen MR) is 144 cm³/mol. The first kappa shape index (κ1) is 28.1. The summed E-state index contributed by atoms with van der Waals surface area (Å²) >= 11 is 0. The molecule has 0 saturated carbocycles. The topological polar surface area (TPSA) is 53.4 Å². The van der Waals surface area contributed by atoms with Gasteiger partial charge in [0.05, 0.1) is 11.1 Å². The lowest BCUT2D eigenvalue weighted by Gasteiger charge is -2.39. The number of likely N-dealkylation sites (tertiary alicyclic amines) is 1. The van der Waals surface area contributed by atoms with Gasteiger partial charge in [0.2, 0.25) is 0 Å². The Morgan fingerprint density at radius 2 is 1.82 bits per heavy atom. The van der Waals surface area contributed by atoms with E-state index in [9.17, 15) is 23.1 Å². The van der Waals surface area contributed by atoms with Crippen LogP contribution in [0.4, 0.5) is 13.2 Å². The number of piperidine rings is 1. The molecule has 2 atom stereocenters. The zero-order valence-corrected chi connectivity index (χ0v) is 22.0. The normalized spacial score (nSPS) is 18.6. The number of aryl methyl sites for hydroxylation is 3. The Hall–Kier alpha value is -2.93. The Balaban J connectivity index is 1.29. The molecule has 0 radical (unpaired) electrons. The van der Waals surface area contributed by atoms with Gasteiger partial charge >= 0.3 is 12.1 Å². The zero-order chi connectivity index (χ0) is 27.1. The first-order valence-corrected chi connectivity index (χ1v) is 13.6. The van der Waals surface area contributed by atoms with Crippen LogP contribution >= 0.6 is 0 Å². The molecule has 0 spiro atoms. The lowest BCUT2D eigenvalue weighted by molar-refractivity contribution is -0.138. The number of nitrogens with zero attached hydrogens (tertiary/aromatic N) is 2. The maximum Gasteiger partial charge on any atom is 0.416 e. The first-order valence-electron chi connectivity index (χ1n) is 13.6. The van der Waals surface area contributed by atoms with E-state index in [0.717, 1.165) is 81.4 Å². The van der Waals surface area contributed by atoms with Crippen LogP contribution in [0.3, 0.4) is 0 Å². The summed E-state index contributed by atoms with van der Waals surface area (Å²) in [5.74, 6) is 0.111. The Bertz CT molecular complexity index is 1210. The largest absolute Gasteiger partial charge is 0.481 e. The molecule has 1 fully saturated rings. The molecule has 38 heavy (non-hydrogen) atoms. The number of rotatable bonds is 11. The van der Waals surface area contributed by atoms with Crippen molar-refractivity contribution in [1.29, 1.82) is 0 Å². The van der Waals surface area contributed by atoms with Gasteiger partial charge in [-0.25, -0.2) is 0 Å². The smallest absolute Gasteiger partial charge is 0.416 e. The van der Waals surface area contributed by atoms with Crippen molar-refractivity contribution in [3.05, 3.63) is 77.0 Å². The fourth-order valence-electron chi connectivity index (χ4n) is 5.83. The molecule has 7 heteroatoms. The summed E-state index contributed by atoms with van der Waals surface area (Å²) in [6.07, 6.45) is 4.25. The van der Waals surface area contributed by atoms with Gasteiger partial charge in [-0.05, 0) is 118 Å². The molecule has 1 aliphatic heterocycles. The van der Waals surface area contributed by atoms with Gasteiger partial charge in [0.1, 0.15) is 0 Å². The number of alkyl halides is 3. The summed E-state index contributed by atoms with van der Waals surface area (Å²) in [5, 5.41) is 10.5. The molecule has 1 aliphatic rings. The van der Waals surface area contributed by atoms with E-state index in [1.165, 1.54) is 16.5 Å². The second kappa shape index (κ2) is 12.7. The molecule has 2 heterocycles. The highest BCUT2D eigenvalue weighted by Crippen LogP contribution is 2.33. The van der Waals surface area contributed by atoms with E-state index in [0.29, 0.717) is 18.3 Å². The third kappa shape index (κ3) is 7.79. The Kier molecular flexibility index (Phi) is 9.42. The van der Waals surface area contributed by atoms with Crippen LogP contribution < -0.4 is 0 Å². The molecule has 0 unspecified atom stereocenters. The number of benzene rings is 2. The van der Waals surface area contributed by atoms with E-state index >= 15 is 0 Å². The Labute approximate surface area is 222 Å². The lowest BCUT2D eigenvalue weighted by atomic mass is 9.79. The number of carboxylic acids is 1. The molecule has 0 aliphatic carbocycles. The number of pyridine rings is 1. The van der Waals surface area contributed by atoms with E-state index in [1.54, 1.807) is 12.1 Å². The number of hydrogen-bond acceptors (Lipinski definition) is 3. The van der Waals surface area contributed by atoms with Gasteiger partial charge in [-0.3, -0.25) is 9.78 Å². The fraction of sp³-hybridized carbons (Fsp3) is 0.484. The minimum atomic E-state index is -4.31. The molecule has 4 nitrogen and oxygen atoms in total. The van der Waals surface area contributed by atoms with Crippen molar-refractivity contribution >= 4 is 16.9 Å². The molecule has 1 N–H and O–H groups in total. The van der Waals surface area contributed by atoms with Gasteiger partial charge in [-0.1, -0.05) is 23.8 Å². The maximum absolute atomic E-state index is 12.8. The third-order valence-corrected chi connectivity index (χ3v) is 7.93. The maximum atomic E-state index is 12.8. The summed E-state index contributed by atoms with van der Waals surface area (Å²) in [5.41, 5.74) is 3.87. The summed E-state index contributed by atoms with van der Waals surface area (Å²) in [6.45, 7) is 4.85. The van der Waals surface area contributed by atoms with E-state index in [4.69, 9.17) is 0 Å². The highest BCUT2D eigenvalue weighted by Gasteiger charge is 2.30. The number of aliphatic carboxylic acids is 1. The molecule has 0 bridgehead atoms. The van der Waals surface area contributed by atoms with Crippen LogP contribution in [0.15, 0.2) is 54.7 Å². The number of fused-ring (bicyclic) bond motifs is 1. The van der Waals surface area contributed by atoms with Crippen LogP contribution in [0.5, 0.6) is 0 Å². The molecule has 0 amide bonds. The molecule has 204 valence electrons. The minimum absolute atomic E-state index is 0.189. The van der Waals surface area contributed by atoms with Gasteiger partial charge in [-0.2, -0.15) is 13.2 Å². The van der Waals surface area contributed by atoms with Crippen molar-refractivity contribution < 1.29 is 23.1 Å². The average Bonchev–Trinajstić information content (AvgIpc) is 2.88. The van der Waals surface area contributed by atoms with Crippen LogP contribution in [-0.4, -0.2) is 40.6 Å². The van der Waals surface area contributed by atoms with Gasteiger partial charge in [0.15, 0.2) is 0 Å². The van der Waals surface area contributed by atoms with Crippen molar-refractivity contribution in [2.75, 3.05) is 19.6 Å².